The van der Waals surface area contributed by atoms with Crippen LogP contribution in [-0.2, 0) is 44.9 Å². The van der Waals surface area contributed by atoms with Crippen LogP contribution in [-0.4, -0.2) is 85.2 Å². The van der Waals surface area contributed by atoms with E-state index in [4.69, 9.17) is 10.2 Å². The Morgan fingerprint density at radius 1 is 0.357 bits per heavy atom. The molecular formula is C40H44O16. The van der Waals surface area contributed by atoms with Crippen LogP contribution in [0.4, 0.5) is 0 Å². The molecule has 0 fully saturated rings. The zero-order valence-corrected chi connectivity index (χ0v) is 29.9. The number of aromatic hydroxyl groups is 8. The summed E-state index contributed by atoms with van der Waals surface area (Å²) >= 11 is 0. The lowest BCUT2D eigenvalue weighted by Crippen LogP contribution is -2.28. The first-order valence-corrected chi connectivity index (χ1v) is 17.2. The smallest absolute Gasteiger partial charge is 0.307 e. The molecule has 12 N–H and O–H groups in total. The van der Waals surface area contributed by atoms with E-state index < -0.39 is 47.5 Å². The van der Waals surface area contributed by atoms with Gasteiger partial charge in [0.2, 0.25) is 0 Å². The van der Waals surface area contributed by atoms with E-state index in [1.165, 1.54) is 48.5 Å². The second-order valence-corrected chi connectivity index (χ2v) is 13.5. The summed E-state index contributed by atoms with van der Waals surface area (Å²) in [5, 5.41) is 114. The zero-order chi connectivity index (χ0) is 41.7. The molecule has 4 rings (SSSR count). The maximum atomic E-state index is 11.9. The van der Waals surface area contributed by atoms with Crippen molar-refractivity contribution >= 4 is 23.9 Å². The molecule has 4 atom stereocenters. The van der Waals surface area contributed by atoms with Crippen molar-refractivity contribution in [3.63, 3.8) is 0 Å². The summed E-state index contributed by atoms with van der Waals surface area (Å²) in [5.74, 6) is -9.27. The van der Waals surface area contributed by atoms with Crippen LogP contribution in [0, 0.1) is 23.7 Å². The van der Waals surface area contributed by atoms with Gasteiger partial charge in [0.05, 0.1) is 11.8 Å². The lowest BCUT2D eigenvalue weighted by Gasteiger charge is -2.24. The van der Waals surface area contributed by atoms with Gasteiger partial charge in [0.25, 0.3) is 0 Å². The Balaban J connectivity index is 0.000000300. The SMILES string of the molecule is O=C(O)CC[C@@H](Cc1cc(O)cc(O)c1)[C@H](Cc1cc(O)cc(O)c1)C(=O)O.O=C(O)CC[C@H](Cc1cc(O)cc(O)c1)[C@@H](Cc1cc(O)cc(O)c1)C(=O)O. The van der Waals surface area contributed by atoms with Gasteiger partial charge in [-0.3, -0.25) is 19.2 Å². The van der Waals surface area contributed by atoms with Crippen LogP contribution in [0.5, 0.6) is 46.0 Å². The van der Waals surface area contributed by atoms with Crippen LogP contribution in [0.3, 0.4) is 0 Å². The predicted molar refractivity (Wildman–Crippen MR) is 197 cm³/mol. The van der Waals surface area contributed by atoms with Gasteiger partial charge in [-0.15, -0.1) is 0 Å². The quantitative estimate of drug-likeness (QED) is 0.0635. The molecule has 0 aliphatic carbocycles. The molecule has 0 bridgehead atoms. The number of benzene rings is 4. The Kier molecular flexibility index (Phi) is 15.6. The number of carbonyl (C=O) groups is 4. The molecular weight excluding hydrogens is 736 g/mol. The van der Waals surface area contributed by atoms with Gasteiger partial charge in [0.15, 0.2) is 0 Å². The molecule has 4 aromatic carbocycles. The minimum atomic E-state index is -1.15. The Labute approximate surface area is 320 Å². The van der Waals surface area contributed by atoms with Gasteiger partial charge in [-0.1, -0.05) is 0 Å². The fourth-order valence-corrected chi connectivity index (χ4v) is 6.63. The number of phenols is 8. The summed E-state index contributed by atoms with van der Waals surface area (Å²) in [6.07, 6.45) is -0.192. The van der Waals surface area contributed by atoms with Crippen molar-refractivity contribution in [1.29, 1.82) is 0 Å². The highest BCUT2D eigenvalue weighted by Gasteiger charge is 2.31. The largest absolute Gasteiger partial charge is 0.508 e. The predicted octanol–water partition coefficient (Wildman–Crippen LogP) is 4.95. The van der Waals surface area contributed by atoms with Crippen molar-refractivity contribution in [2.75, 3.05) is 0 Å². The van der Waals surface area contributed by atoms with Crippen LogP contribution in [0.15, 0.2) is 72.8 Å². The second kappa shape index (κ2) is 20.0. The van der Waals surface area contributed by atoms with E-state index >= 15 is 0 Å². The third-order valence-electron chi connectivity index (χ3n) is 8.99. The Morgan fingerprint density at radius 3 is 0.768 bits per heavy atom. The zero-order valence-electron chi connectivity index (χ0n) is 29.9. The highest BCUT2D eigenvalue weighted by atomic mass is 16.4. The summed E-state index contributed by atoms with van der Waals surface area (Å²) < 4.78 is 0. The first-order valence-electron chi connectivity index (χ1n) is 17.2. The minimum Gasteiger partial charge on any atom is -0.508 e. The van der Waals surface area contributed by atoms with Crippen LogP contribution in [0.1, 0.15) is 47.9 Å². The van der Waals surface area contributed by atoms with Crippen molar-refractivity contribution in [1.82, 2.24) is 0 Å². The normalized spacial score (nSPS) is 13.0. The molecule has 0 saturated carbocycles. The summed E-state index contributed by atoms with van der Waals surface area (Å²) in [6.45, 7) is 0. The van der Waals surface area contributed by atoms with Gasteiger partial charge in [-0.05, 0) is 121 Å². The van der Waals surface area contributed by atoms with Crippen molar-refractivity contribution in [2.45, 2.75) is 51.4 Å². The van der Waals surface area contributed by atoms with Gasteiger partial charge in [0.1, 0.15) is 46.0 Å². The van der Waals surface area contributed by atoms with E-state index in [-0.39, 0.29) is 97.4 Å². The molecule has 300 valence electrons. The molecule has 56 heavy (non-hydrogen) atoms. The molecule has 0 radical (unpaired) electrons. The number of aliphatic carboxylic acids is 4. The van der Waals surface area contributed by atoms with Crippen molar-refractivity contribution in [3.8, 4) is 46.0 Å². The Morgan fingerprint density at radius 2 is 0.571 bits per heavy atom. The van der Waals surface area contributed by atoms with E-state index in [0.717, 1.165) is 24.3 Å². The molecule has 0 aliphatic rings. The molecule has 0 spiro atoms. The van der Waals surface area contributed by atoms with Crippen LogP contribution in [0.25, 0.3) is 0 Å². The summed E-state index contributed by atoms with van der Waals surface area (Å²) in [7, 11) is 0. The number of phenolic OH excluding ortho intramolecular Hbond substituents is 8. The van der Waals surface area contributed by atoms with Crippen molar-refractivity contribution in [3.05, 3.63) is 95.1 Å². The number of carboxylic acid groups (broad SMARTS) is 4. The maximum absolute atomic E-state index is 11.9. The monoisotopic (exact) mass is 780 g/mol. The Hall–Kier alpha value is -6.84. The van der Waals surface area contributed by atoms with E-state index in [0.29, 0.717) is 22.3 Å². The molecule has 0 amide bonds. The summed E-state index contributed by atoms with van der Waals surface area (Å²) in [5.41, 5.74) is 1.73. The van der Waals surface area contributed by atoms with E-state index in [1.54, 1.807) is 0 Å². The maximum Gasteiger partial charge on any atom is 0.307 e. The lowest BCUT2D eigenvalue weighted by molar-refractivity contribution is -0.145. The van der Waals surface area contributed by atoms with Gasteiger partial charge in [0, 0.05) is 37.1 Å². The summed E-state index contributed by atoms with van der Waals surface area (Å²) in [6, 6.07) is 15.4. The molecule has 0 saturated heterocycles. The number of hydrogen-bond donors (Lipinski definition) is 12. The van der Waals surface area contributed by atoms with Crippen molar-refractivity contribution in [2.24, 2.45) is 23.7 Å². The van der Waals surface area contributed by atoms with Gasteiger partial charge in [-0.25, -0.2) is 0 Å². The van der Waals surface area contributed by atoms with E-state index in [1.807, 2.05) is 0 Å². The first-order chi connectivity index (χ1) is 26.3. The molecule has 16 heteroatoms. The van der Waals surface area contributed by atoms with Crippen LogP contribution < -0.4 is 0 Å². The molecule has 0 aromatic heterocycles. The third kappa shape index (κ3) is 14.5. The number of hydrogen-bond acceptors (Lipinski definition) is 12. The average molecular weight is 781 g/mol. The minimum absolute atomic E-state index is 0.0353. The Bertz CT molecular complexity index is 1780. The topological polar surface area (TPSA) is 311 Å². The first kappa shape index (κ1) is 43.6. The fraction of sp³-hybridized carbons (Fsp3) is 0.300. The molecule has 0 heterocycles. The van der Waals surface area contributed by atoms with E-state index in [9.17, 15) is 70.2 Å². The highest BCUT2D eigenvalue weighted by Crippen LogP contribution is 2.33. The van der Waals surface area contributed by atoms with Gasteiger partial charge < -0.3 is 61.3 Å². The third-order valence-corrected chi connectivity index (χ3v) is 8.99. The van der Waals surface area contributed by atoms with Crippen LogP contribution >= 0.6 is 0 Å². The average Bonchev–Trinajstić information content (AvgIpc) is 3.05. The molecule has 0 unspecified atom stereocenters. The number of rotatable bonds is 18. The van der Waals surface area contributed by atoms with Gasteiger partial charge >= 0.3 is 23.9 Å². The number of carboxylic acids is 4. The lowest BCUT2D eigenvalue weighted by atomic mass is 9.80. The fourth-order valence-electron chi connectivity index (χ4n) is 6.63. The summed E-state index contributed by atoms with van der Waals surface area (Å²) in [4.78, 5) is 45.8. The standard InChI is InChI=1S/2C20H22O8/c2*21-14-4-11(5-15(22)9-14)3-13(1-2-19(25)26)18(20(27)28)8-12-6-16(23)10-17(24)7-12/h2*4-7,9-10,13,18,21-24H,1-3,8H2,(H,25,26)(H,27,28)/t2*13-,18-/m10/s1. The highest BCUT2D eigenvalue weighted by molar-refractivity contribution is 5.72. The van der Waals surface area contributed by atoms with E-state index in [2.05, 4.69) is 0 Å². The molecule has 0 aliphatic heterocycles. The van der Waals surface area contributed by atoms with Crippen LogP contribution in [0.2, 0.25) is 0 Å². The molecule has 4 aromatic rings. The second-order valence-electron chi connectivity index (χ2n) is 13.5. The van der Waals surface area contributed by atoms with Gasteiger partial charge in [-0.2, -0.15) is 0 Å². The molecule has 16 nitrogen and oxygen atoms in total. The van der Waals surface area contributed by atoms with Crippen molar-refractivity contribution < 1.29 is 80.5 Å².